The van der Waals surface area contributed by atoms with E-state index in [-0.39, 0.29) is 11.9 Å². The maximum Gasteiger partial charge on any atom is 0.346 e. The Kier molecular flexibility index (Phi) is 6.42. The summed E-state index contributed by atoms with van der Waals surface area (Å²) in [6, 6.07) is 21.6. The van der Waals surface area contributed by atoms with Gasteiger partial charge in [-0.2, -0.15) is 4.99 Å². The fourth-order valence-corrected chi connectivity index (χ4v) is 5.10. The monoisotopic (exact) mass is 444 g/mol. The molecular weight excluding hydrogens is 420 g/mol. The summed E-state index contributed by atoms with van der Waals surface area (Å²) in [5.74, 6) is 0.846. The zero-order valence-corrected chi connectivity index (χ0v) is 19.0. The zero-order chi connectivity index (χ0) is 22.7. The van der Waals surface area contributed by atoms with E-state index < -0.39 is 6.03 Å². The van der Waals surface area contributed by atoms with Gasteiger partial charge in [0.2, 0.25) is 0 Å². The van der Waals surface area contributed by atoms with Gasteiger partial charge in [-0.05, 0) is 53.8 Å². The highest BCUT2D eigenvalue weighted by atomic mass is 32.2. The number of thioether (sulfide) groups is 1. The molecule has 1 atom stereocenters. The molecule has 0 fully saturated rings. The lowest BCUT2D eigenvalue weighted by molar-refractivity contribution is -0.131. The van der Waals surface area contributed by atoms with Gasteiger partial charge < -0.3 is 10.1 Å². The molecule has 0 saturated heterocycles. The second-order valence-electron chi connectivity index (χ2n) is 7.74. The molecule has 6 heteroatoms. The number of urea groups is 1. The van der Waals surface area contributed by atoms with Crippen molar-refractivity contribution in [3.05, 3.63) is 94.5 Å². The molecule has 162 valence electrons. The van der Waals surface area contributed by atoms with E-state index in [2.05, 4.69) is 34.6 Å². The number of anilines is 1. The minimum atomic E-state index is -0.424. The molecule has 4 rings (SSSR count). The van der Waals surface area contributed by atoms with Crippen LogP contribution in [-0.2, 0) is 10.5 Å². The molecule has 1 aliphatic heterocycles. The van der Waals surface area contributed by atoms with Crippen molar-refractivity contribution in [1.29, 1.82) is 0 Å². The minimum absolute atomic E-state index is 0.0771. The molecule has 1 N–H and O–H groups in total. The van der Waals surface area contributed by atoms with Crippen molar-refractivity contribution in [2.45, 2.75) is 32.4 Å². The molecule has 3 aromatic carbocycles. The Labute approximate surface area is 191 Å². The lowest BCUT2D eigenvalue weighted by atomic mass is 9.89. The van der Waals surface area contributed by atoms with Crippen molar-refractivity contribution in [2.24, 2.45) is 4.99 Å². The van der Waals surface area contributed by atoms with E-state index in [1.165, 1.54) is 18.1 Å². The number of hydrogen-bond donors (Lipinski definition) is 1. The summed E-state index contributed by atoms with van der Waals surface area (Å²) in [5.41, 5.74) is 5.70. The Morgan fingerprint density at radius 1 is 1.00 bits per heavy atom. The van der Waals surface area contributed by atoms with Crippen LogP contribution in [0.1, 0.15) is 40.7 Å². The van der Waals surface area contributed by atoms with Crippen LogP contribution in [0.4, 0.5) is 10.5 Å². The first-order chi connectivity index (χ1) is 15.4. The predicted octanol–water partition coefficient (Wildman–Crippen LogP) is 6.24. The van der Waals surface area contributed by atoms with Crippen LogP contribution in [0.2, 0.25) is 0 Å². The Bertz CT molecular complexity index is 1180. The first kappa shape index (κ1) is 21.8. The lowest BCUT2D eigenvalue weighted by Gasteiger charge is -2.27. The van der Waals surface area contributed by atoms with Gasteiger partial charge in [-0.3, -0.25) is 4.79 Å². The number of esters is 1. The first-order valence-electron chi connectivity index (χ1n) is 10.4. The van der Waals surface area contributed by atoms with Crippen molar-refractivity contribution in [3.63, 3.8) is 0 Å². The molecule has 5 nitrogen and oxygen atoms in total. The van der Waals surface area contributed by atoms with Crippen molar-refractivity contribution in [2.75, 3.05) is 5.32 Å². The molecule has 2 amide bonds. The number of nitrogens with zero attached hydrogens (tertiary/aromatic N) is 1. The van der Waals surface area contributed by atoms with Crippen LogP contribution >= 0.6 is 11.8 Å². The molecule has 0 bridgehead atoms. The van der Waals surface area contributed by atoms with E-state index in [4.69, 9.17) is 4.74 Å². The summed E-state index contributed by atoms with van der Waals surface area (Å²) in [7, 11) is 0. The van der Waals surface area contributed by atoms with Crippen LogP contribution in [0.15, 0.2) is 71.7 Å². The van der Waals surface area contributed by atoms with Crippen LogP contribution in [0.3, 0.4) is 0 Å². The average Bonchev–Trinajstić information content (AvgIpc) is 2.76. The summed E-state index contributed by atoms with van der Waals surface area (Å²) in [5, 5.41) is 3.64. The Morgan fingerprint density at radius 3 is 2.34 bits per heavy atom. The van der Waals surface area contributed by atoms with Gasteiger partial charge in [0.1, 0.15) is 5.75 Å². The zero-order valence-electron chi connectivity index (χ0n) is 18.2. The maximum absolute atomic E-state index is 12.9. The number of rotatable bonds is 3. The molecule has 1 heterocycles. The minimum Gasteiger partial charge on any atom is -0.426 e. The summed E-state index contributed by atoms with van der Waals surface area (Å²) in [4.78, 5) is 28.6. The Morgan fingerprint density at radius 2 is 1.66 bits per heavy atom. The standard InChI is InChI=1S/C26H24N2O3S/c1-16-13-21(14-17(2)24(16)31-18(3)29)27-26(30)28-25-23(19-9-5-4-6-10-19)22-12-8-7-11-20(22)15-32-25/h4-14,23H,15H2,1-3H3,(H,27,30). The van der Waals surface area contributed by atoms with Gasteiger partial charge in [0, 0.05) is 18.4 Å². The summed E-state index contributed by atoms with van der Waals surface area (Å²) < 4.78 is 5.27. The van der Waals surface area contributed by atoms with Crippen molar-refractivity contribution < 1.29 is 14.3 Å². The Hall–Kier alpha value is -3.38. The van der Waals surface area contributed by atoms with Crippen LogP contribution in [0, 0.1) is 13.8 Å². The highest BCUT2D eigenvalue weighted by Gasteiger charge is 2.28. The van der Waals surface area contributed by atoms with Gasteiger partial charge in [-0.15, -0.1) is 11.8 Å². The second-order valence-corrected chi connectivity index (χ2v) is 8.74. The van der Waals surface area contributed by atoms with E-state index >= 15 is 0 Å². The number of nitrogens with one attached hydrogen (secondary N) is 1. The van der Waals surface area contributed by atoms with Crippen LogP contribution in [0.5, 0.6) is 5.75 Å². The molecule has 3 aromatic rings. The van der Waals surface area contributed by atoms with Gasteiger partial charge in [-0.1, -0.05) is 54.6 Å². The number of aliphatic imine (C=N–C) groups is 1. The molecule has 32 heavy (non-hydrogen) atoms. The van der Waals surface area contributed by atoms with E-state index in [9.17, 15) is 9.59 Å². The van der Waals surface area contributed by atoms with E-state index in [1.807, 2.05) is 44.2 Å². The highest BCUT2D eigenvalue weighted by Crippen LogP contribution is 2.39. The number of carbonyl (C=O) groups is 2. The van der Waals surface area contributed by atoms with Gasteiger partial charge in [0.05, 0.1) is 11.0 Å². The molecule has 0 aliphatic carbocycles. The van der Waals surface area contributed by atoms with Crippen LogP contribution in [0.25, 0.3) is 0 Å². The largest absolute Gasteiger partial charge is 0.426 e. The quantitative estimate of drug-likeness (QED) is 0.384. The Balaban J connectivity index is 1.63. The number of aryl methyl sites for hydroxylation is 2. The molecule has 1 unspecified atom stereocenters. The second kappa shape index (κ2) is 9.40. The smallest absolute Gasteiger partial charge is 0.346 e. The highest BCUT2D eigenvalue weighted by molar-refractivity contribution is 8.13. The normalized spacial score (nSPS) is 16.3. The number of amides is 2. The summed E-state index contributed by atoms with van der Waals surface area (Å²) in [6.07, 6.45) is 0. The van der Waals surface area contributed by atoms with Crippen LogP contribution in [-0.4, -0.2) is 17.0 Å². The summed E-state index contributed by atoms with van der Waals surface area (Å²) in [6.45, 7) is 5.05. The SMILES string of the molecule is CC(=O)Oc1c(C)cc(NC(=O)N=C2SCc3ccccc3C2c2ccccc2)cc1C. The molecule has 0 spiro atoms. The topological polar surface area (TPSA) is 67.8 Å². The van der Waals surface area contributed by atoms with Crippen LogP contribution < -0.4 is 10.1 Å². The number of ether oxygens (including phenoxy) is 1. The third-order valence-electron chi connectivity index (χ3n) is 5.29. The number of fused-ring (bicyclic) bond motifs is 1. The van der Waals surface area contributed by atoms with Gasteiger partial charge in [-0.25, -0.2) is 4.79 Å². The molecular formula is C26H24N2O3S. The van der Waals surface area contributed by atoms with Gasteiger partial charge >= 0.3 is 12.0 Å². The predicted molar refractivity (Wildman–Crippen MR) is 130 cm³/mol. The molecule has 0 saturated carbocycles. The first-order valence-corrected chi connectivity index (χ1v) is 11.4. The number of hydrogen-bond acceptors (Lipinski definition) is 4. The molecule has 0 aromatic heterocycles. The fourth-order valence-electron chi connectivity index (χ4n) is 3.96. The molecule has 0 radical (unpaired) electrons. The van der Waals surface area contributed by atoms with Crippen molar-refractivity contribution in [3.8, 4) is 5.75 Å². The molecule has 1 aliphatic rings. The van der Waals surface area contributed by atoms with Gasteiger partial charge in [0.25, 0.3) is 0 Å². The van der Waals surface area contributed by atoms with E-state index in [0.717, 1.165) is 27.5 Å². The van der Waals surface area contributed by atoms with Crippen molar-refractivity contribution in [1.82, 2.24) is 0 Å². The van der Waals surface area contributed by atoms with Gasteiger partial charge in [0.15, 0.2) is 0 Å². The lowest BCUT2D eigenvalue weighted by Crippen LogP contribution is -2.20. The maximum atomic E-state index is 12.9. The summed E-state index contributed by atoms with van der Waals surface area (Å²) >= 11 is 1.59. The average molecular weight is 445 g/mol. The third kappa shape index (κ3) is 4.75. The van der Waals surface area contributed by atoms with E-state index in [0.29, 0.717) is 11.4 Å². The number of benzene rings is 3. The fraction of sp³-hybridized carbons (Fsp3) is 0.192. The van der Waals surface area contributed by atoms with Crippen molar-refractivity contribution >= 4 is 34.5 Å². The van der Waals surface area contributed by atoms with E-state index in [1.54, 1.807) is 23.9 Å². The third-order valence-corrected chi connectivity index (χ3v) is 6.37. The number of carbonyl (C=O) groups excluding carboxylic acids is 2.